The van der Waals surface area contributed by atoms with Gasteiger partial charge in [-0.05, 0) is 30.3 Å². The minimum absolute atomic E-state index is 0.0329. The molecule has 1 aliphatic heterocycles. The molecule has 0 amide bonds. The lowest BCUT2D eigenvalue weighted by molar-refractivity contribution is -0.274. The molecule has 0 saturated heterocycles. The predicted octanol–water partition coefficient (Wildman–Crippen LogP) is 4.06. The number of hydrogen-bond donors (Lipinski definition) is 1. The van der Waals surface area contributed by atoms with Crippen molar-refractivity contribution in [1.29, 1.82) is 5.41 Å². The van der Waals surface area contributed by atoms with Crippen LogP contribution in [0.2, 0.25) is 0 Å². The molecule has 2 aromatic carbocycles. The molecule has 4 aromatic rings. The van der Waals surface area contributed by atoms with Gasteiger partial charge in [-0.1, -0.05) is 34.8 Å². The number of halogens is 3. The first-order chi connectivity index (χ1) is 19.1. The molecular formula is C26H23F3N6O4S. The zero-order valence-corrected chi connectivity index (χ0v) is 22.0. The summed E-state index contributed by atoms with van der Waals surface area (Å²) < 4.78 is 50.4. The van der Waals surface area contributed by atoms with Crippen molar-refractivity contribution < 1.29 is 32.2 Å². The number of rotatable bonds is 9. The maximum absolute atomic E-state index is 13.5. The average molecular weight is 573 g/mol. The van der Waals surface area contributed by atoms with Crippen LogP contribution in [0.5, 0.6) is 5.75 Å². The molecule has 5 rings (SSSR count). The lowest BCUT2D eigenvalue weighted by Crippen LogP contribution is -2.56. The minimum Gasteiger partial charge on any atom is -0.467 e. The molecule has 0 spiro atoms. The monoisotopic (exact) mass is 572 g/mol. The van der Waals surface area contributed by atoms with Crippen molar-refractivity contribution in [3.8, 4) is 5.75 Å². The molecule has 208 valence electrons. The Hall–Kier alpha value is -4.46. The third-order valence-electron chi connectivity index (χ3n) is 6.61. The molecule has 1 atom stereocenters. The standard InChI is InChI=1S/C26H23F3N6O4S/c1-3-10-25(23(37)38-2)22(36)18-6-4-5-7-19(18)35(25)15-16-14-33(32-31-16)11-12-34-20-9-8-17(39-26(27,28)29)13-21(20)40-24(34)30/h3-9,13-14,30H,1,10-12,15H2,2H3. The van der Waals surface area contributed by atoms with Gasteiger partial charge in [-0.15, -0.1) is 24.8 Å². The second kappa shape index (κ2) is 10.3. The van der Waals surface area contributed by atoms with E-state index in [0.29, 0.717) is 40.3 Å². The van der Waals surface area contributed by atoms with Crippen molar-refractivity contribution in [1.82, 2.24) is 19.6 Å². The molecule has 40 heavy (non-hydrogen) atoms. The number of hydrogen-bond acceptors (Lipinski definition) is 9. The molecule has 0 saturated carbocycles. The van der Waals surface area contributed by atoms with Crippen LogP contribution in [0.3, 0.4) is 0 Å². The number of aromatic nitrogens is 4. The van der Waals surface area contributed by atoms with E-state index in [2.05, 4.69) is 21.6 Å². The average Bonchev–Trinajstić information content (AvgIpc) is 3.56. The number of Topliss-reactive ketones (excluding diaryl/α,β-unsaturated/α-hetero) is 1. The van der Waals surface area contributed by atoms with E-state index >= 15 is 0 Å². The first-order valence-corrected chi connectivity index (χ1v) is 12.8. The Labute approximate surface area is 229 Å². The number of alkyl halides is 3. The van der Waals surface area contributed by atoms with E-state index in [9.17, 15) is 22.8 Å². The zero-order valence-electron chi connectivity index (χ0n) is 21.1. The molecule has 0 fully saturated rings. The number of para-hydroxylation sites is 1. The third kappa shape index (κ3) is 4.74. The van der Waals surface area contributed by atoms with Crippen molar-refractivity contribution in [2.75, 3.05) is 12.0 Å². The number of carbonyl (C=O) groups excluding carboxylic acids is 2. The van der Waals surface area contributed by atoms with Crippen LogP contribution >= 0.6 is 11.3 Å². The number of benzene rings is 2. The number of nitrogens with one attached hydrogen (secondary N) is 1. The second-order valence-corrected chi connectivity index (χ2v) is 10.0. The van der Waals surface area contributed by atoms with Crippen LogP contribution in [-0.4, -0.2) is 50.3 Å². The van der Waals surface area contributed by atoms with Gasteiger partial charge in [0.25, 0.3) is 0 Å². The Morgan fingerprint density at radius 3 is 2.73 bits per heavy atom. The van der Waals surface area contributed by atoms with Crippen molar-refractivity contribution in [2.24, 2.45) is 0 Å². The van der Waals surface area contributed by atoms with E-state index in [1.807, 2.05) is 0 Å². The Balaban J connectivity index is 1.37. The summed E-state index contributed by atoms with van der Waals surface area (Å²) >= 11 is 1.03. The Kier molecular flexibility index (Phi) is 6.96. The number of ether oxygens (including phenoxy) is 2. The molecule has 1 unspecified atom stereocenters. The van der Waals surface area contributed by atoms with E-state index in [1.54, 1.807) is 44.6 Å². The van der Waals surface area contributed by atoms with Gasteiger partial charge in [0, 0.05) is 24.2 Å². The van der Waals surface area contributed by atoms with Gasteiger partial charge in [-0.25, -0.2) is 4.79 Å². The van der Waals surface area contributed by atoms with Gasteiger partial charge in [-0.3, -0.25) is 14.9 Å². The number of esters is 1. The summed E-state index contributed by atoms with van der Waals surface area (Å²) in [6.07, 6.45) is -1.59. The SMILES string of the molecule is C=CCC1(C(=O)OC)C(=O)c2ccccc2N1Cc1cn(CCn2c(=N)sc3cc(OC(F)(F)F)ccc32)nn1. The van der Waals surface area contributed by atoms with E-state index in [1.165, 1.54) is 31.4 Å². The van der Waals surface area contributed by atoms with Gasteiger partial charge in [-0.2, -0.15) is 0 Å². The number of ketones is 1. The number of aryl methyl sites for hydroxylation is 2. The number of anilines is 1. The normalized spacial score (nSPS) is 16.8. The summed E-state index contributed by atoms with van der Waals surface area (Å²) in [4.78, 5) is 28.3. The molecule has 0 aliphatic carbocycles. The van der Waals surface area contributed by atoms with Crippen molar-refractivity contribution >= 4 is 39.0 Å². The molecule has 0 radical (unpaired) electrons. The quantitative estimate of drug-likeness (QED) is 0.183. The summed E-state index contributed by atoms with van der Waals surface area (Å²) in [6.45, 7) is 4.43. The summed E-state index contributed by atoms with van der Waals surface area (Å²) in [7, 11) is 1.23. The second-order valence-electron chi connectivity index (χ2n) is 8.99. The maximum atomic E-state index is 13.5. The number of nitrogens with zero attached hydrogens (tertiary/aromatic N) is 5. The van der Waals surface area contributed by atoms with Crippen LogP contribution in [-0.2, 0) is 29.2 Å². The third-order valence-corrected chi connectivity index (χ3v) is 7.57. The molecule has 1 aliphatic rings. The summed E-state index contributed by atoms with van der Waals surface area (Å²) in [5.74, 6) is -1.43. The summed E-state index contributed by atoms with van der Waals surface area (Å²) in [5.41, 5.74) is 0.424. The molecule has 0 bridgehead atoms. The van der Waals surface area contributed by atoms with Gasteiger partial charge in [0.1, 0.15) is 11.4 Å². The first-order valence-electron chi connectivity index (χ1n) is 12.0. The number of methoxy groups -OCH3 is 1. The van der Waals surface area contributed by atoms with Crippen LogP contribution < -0.4 is 14.4 Å². The van der Waals surface area contributed by atoms with Crippen LogP contribution in [0.1, 0.15) is 22.5 Å². The Morgan fingerprint density at radius 1 is 1.23 bits per heavy atom. The van der Waals surface area contributed by atoms with Crippen LogP contribution in [0.25, 0.3) is 10.2 Å². The highest BCUT2D eigenvalue weighted by atomic mass is 32.1. The van der Waals surface area contributed by atoms with Gasteiger partial charge in [0.2, 0.25) is 11.3 Å². The highest BCUT2D eigenvalue weighted by Crippen LogP contribution is 2.42. The highest BCUT2D eigenvalue weighted by Gasteiger charge is 2.57. The number of thiazole rings is 1. The van der Waals surface area contributed by atoms with Gasteiger partial charge in [0.15, 0.2) is 4.80 Å². The lowest BCUT2D eigenvalue weighted by Gasteiger charge is -2.35. The van der Waals surface area contributed by atoms with Crippen LogP contribution in [0, 0.1) is 5.41 Å². The van der Waals surface area contributed by atoms with E-state index < -0.39 is 17.9 Å². The Bertz CT molecular complexity index is 1680. The fourth-order valence-corrected chi connectivity index (χ4v) is 5.88. The zero-order chi connectivity index (χ0) is 28.7. The van der Waals surface area contributed by atoms with E-state index in [4.69, 9.17) is 10.1 Å². The number of fused-ring (bicyclic) bond motifs is 2. The van der Waals surface area contributed by atoms with Crippen molar-refractivity contribution in [2.45, 2.75) is 38.0 Å². The predicted molar refractivity (Wildman–Crippen MR) is 139 cm³/mol. The maximum Gasteiger partial charge on any atom is 0.573 e. The van der Waals surface area contributed by atoms with Gasteiger partial charge in [0.05, 0.1) is 36.6 Å². The molecule has 10 nitrogen and oxygen atoms in total. The summed E-state index contributed by atoms with van der Waals surface area (Å²) in [5, 5.41) is 16.7. The largest absolute Gasteiger partial charge is 0.573 e. The Morgan fingerprint density at radius 2 is 2.00 bits per heavy atom. The smallest absolute Gasteiger partial charge is 0.467 e. The van der Waals surface area contributed by atoms with Crippen molar-refractivity contribution in [3.63, 3.8) is 0 Å². The fraction of sp³-hybridized carbons (Fsp3) is 0.269. The molecule has 1 N–H and O–H groups in total. The first kappa shape index (κ1) is 27.1. The van der Waals surface area contributed by atoms with Gasteiger partial charge >= 0.3 is 12.3 Å². The van der Waals surface area contributed by atoms with E-state index in [0.717, 1.165) is 11.3 Å². The van der Waals surface area contributed by atoms with Crippen LogP contribution in [0.4, 0.5) is 18.9 Å². The minimum atomic E-state index is -4.80. The molecular weight excluding hydrogens is 549 g/mol. The molecule has 14 heteroatoms. The number of carbonyl (C=O) groups is 2. The fourth-order valence-electron chi connectivity index (χ4n) is 4.91. The van der Waals surface area contributed by atoms with E-state index in [-0.39, 0.29) is 29.3 Å². The molecule has 3 heterocycles. The van der Waals surface area contributed by atoms with Crippen molar-refractivity contribution in [3.05, 3.63) is 77.4 Å². The lowest BCUT2D eigenvalue weighted by atomic mass is 9.88. The molecule has 2 aromatic heterocycles. The highest BCUT2D eigenvalue weighted by molar-refractivity contribution is 7.16. The summed E-state index contributed by atoms with van der Waals surface area (Å²) in [6, 6.07) is 10.9. The topological polar surface area (TPSA) is 115 Å². The van der Waals surface area contributed by atoms with Crippen LogP contribution in [0.15, 0.2) is 61.3 Å². The van der Waals surface area contributed by atoms with Gasteiger partial charge < -0.3 is 18.9 Å².